The molecule has 0 spiro atoms. The Balaban J connectivity index is 2.14. The number of alkyl halides is 2. The van der Waals surface area contributed by atoms with Crippen molar-refractivity contribution < 1.29 is 23.0 Å². The second kappa shape index (κ2) is 7.96. The van der Waals surface area contributed by atoms with Crippen LogP contribution in [0.5, 0.6) is 11.5 Å². The first-order chi connectivity index (χ1) is 11.8. The molecular formula is C17H21F2N3O3. The molecule has 1 N–H and O–H groups in total. The van der Waals surface area contributed by atoms with Crippen molar-refractivity contribution in [2.24, 2.45) is 7.05 Å². The molecule has 0 aliphatic rings. The standard InChI is InChI=1S/C17H21F2N3O3/c1-5-24-15-8-12(6-7-14(15)25-17(18)19)16(23)20-9-13-10(2)21-22(4)11(13)3/h6-8,17H,5,9H2,1-4H3,(H,20,23). The zero-order valence-electron chi connectivity index (χ0n) is 14.6. The van der Waals surface area contributed by atoms with Gasteiger partial charge in [-0.2, -0.15) is 13.9 Å². The van der Waals surface area contributed by atoms with E-state index in [1.165, 1.54) is 18.2 Å². The van der Waals surface area contributed by atoms with Gasteiger partial charge in [-0.15, -0.1) is 0 Å². The number of carbonyl (C=O) groups excluding carboxylic acids is 1. The van der Waals surface area contributed by atoms with Gasteiger partial charge in [0.1, 0.15) is 0 Å². The molecule has 2 aromatic rings. The van der Waals surface area contributed by atoms with Gasteiger partial charge in [0, 0.05) is 30.4 Å². The summed E-state index contributed by atoms with van der Waals surface area (Å²) in [6, 6.07) is 4.10. The molecule has 0 saturated carbocycles. The van der Waals surface area contributed by atoms with Crippen molar-refractivity contribution in [3.63, 3.8) is 0 Å². The molecular weight excluding hydrogens is 332 g/mol. The zero-order valence-corrected chi connectivity index (χ0v) is 14.6. The summed E-state index contributed by atoms with van der Waals surface area (Å²) in [5.41, 5.74) is 3.05. The zero-order chi connectivity index (χ0) is 18.6. The van der Waals surface area contributed by atoms with Crippen LogP contribution in [0.25, 0.3) is 0 Å². The van der Waals surface area contributed by atoms with Gasteiger partial charge in [-0.25, -0.2) is 0 Å². The first-order valence-electron chi connectivity index (χ1n) is 7.82. The molecule has 0 aliphatic carbocycles. The van der Waals surface area contributed by atoms with Gasteiger partial charge in [0.15, 0.2) is 11.5 Å². The molecule has 0 fully saturated rings. The van der Waals surface area contributed by atoms with Crippen LogP contribution >= 0.6 is 0 Å². The molecule has 0 aliphatic heterocycles. The van der Waals surface area contributed by atoms with E-state index in [9.17, 15) is 13.6 Å². The summed E-state index contributed by atoms with van der Waals surface area (Å²) in [4.78, 5) is 12.4. The van der Waals surface area contributed by atoms with E-state index in [4.69, 9.17) is 4.74 Å². The van der Waals surface area contributed by atoms with E-state index in [0.29, 0.717) is 12.1 Å². The Morgan fingerprint density at radius 1 is 1.32 bits per heavy atom. The third-order valence-corrected chi connectivity index (χ3v) is 3.81. The summed E-state index contributed by atoms with van der Waals surface area (Å²) < 4.78 is 36.3. The molecule has 136 valence electrons. The van der Waals surface area contributed by atoms with Gasteiger partial charge in [0.05, 0.1) is 12.3 Å². The highest BCUT2D eigenvalue weighted by Crippen LogP contribution is 2.30. The normalized spacial score (nSPS) is 10.8. The van der Waals surface area contributed by atoms with Crippen LogP contribution in [-0.4, -0.2) is 28.9 Å². The Labute approximate surface area is 144 Å². The fourth-order valence-corrected chi connectivity index (χ4v) is 2.45. The Hall–Kier alpha value is -2.64. The average molecular weight is 353 g/mol. The molecule has 8 heteroatoms. The molecule has 0 radical (unpaired) electrons. The molecule has 0 unspecified atom stereocenters. The number of hydrogen-bond donors (Lipinski definition) is 1. The molecule has 1 aromatic carbocycles. The largest absolute Gasteiger partial charge is 0.490 e. The molecule has 1 aromatic heterocycles. The lowest BCUT2D eigenvalue weighted by molar-refractivity contribution is -0.0514. The number of hydrogen-bond acceptors (Lipinski definition) is 4. The maximum Gasteiger partial charge on any atom is 0.387 e. The highest BCUT2D eigenvalue weighted by atomic mass is 19.3. The fourth-order valence-electron chi connectivity index (χ4n) is 2.45. The number of halogens is 2. The maximum absolute atomic E-state index is 12.4. The molecule has 6 nitrogen and oxygen atoms in total. The number of benzene rings is 1. The Morgan fingerprint density at radius 3 is 2.60 bits per heavy atom. The summed E-state index contributed by atoms with van der Waals surface area (Å²) >= 11 is 0. The van der Waals surface area contributed by atoms with E-state index in [1.807, 2.05) is 20.9 Å². The Kier molecular flexibility index (Phi) is 5.95. The second-order valence-electron chi connectivity index (χ2n) is 5.43. The van der Waals surface area contributed by atoms with Crippen LogP contribution in [0.2, 0.25) is 0 Å². The SMILES string of the molecule is CCOc1cc(C(=O)NCc2c(C)nn(C)c2C)ccc1OC(F)F. The van der Waals surface area contributed by atoms with Gasteiger partial charge >= 0.3 is 6.61 Å². The first kappa shape index (κ1) is 18.7. The van der Waals surface area contributed by atoms with Gasteiger partial charge in [-0.05, 0) is 39.0 Å². The third-order valence-electron chi connectivity index (χ3n) is 3.81. The third kappa shape index (κ3) is 4.46. The van der Waals surface area contributed by atoms with Crippen molar-refractivity contribution in [1.29, 1.82) is 0 Å². The van der Waals surface area contributed by atoms with Crippen LogP contribution in [0.4, 0.5) is 8.78 Å². The topological polar surface area (TPSA) is 65.4 Å². The van der Waals surface area contributed by atoms with Crippen molar-refractivity contribution in [2.75, 3.05) is 6.61 Å². The van der Waals surface area contributed by atoms with Gasteiger partial charge in [0.2, 0.25) is 0 Å². The van der Waals surface area contributed by atoms with Crippen LogP contribution in [-0.2, 0) is 13.6 Å². The van der Waals surface area contributed by atoms with Crippen LogP contribution in [0.1, 0.15) is 34.2 Å². The van der Waals surface area contributed by atoms with Crippen molar-refractivity contribution in [3.8, 4) is 11.5 Å². The summed E-state index contributed by atoms with van der Waals surface area (Å²) in [5.74, 6) is -0.344. The number of rotatable bonds is 7. The van der Waals surface area contributed by atoms with Crippen molar-refractivity contribution in [3.05, 3.63) is 40.7 Å². The summed E-state index contributed by atoms with van der Waals surface area (Å²) in [6.07, 6.45) is 0. The summed E-state index contributed by atoms with van der Waals surface area (Å²) in [7, 11) is 1.84. The van der Waals surface area contributed by atoms with Gasteiger partial charge in [-0.3, -0.25) is 9.48 Å². The molecule has 0 saturated heterocycles. The van der Waals surface area contributed by atoms with Crippen molar-refractivity contribution in [2.45, 2.75) is 33.9 Å². The van der Waals surface area contributed by atoms with E-state index < -0.39 is 6.61 Å². The number of ether oxygens (including phenoxy) is 2. The van der Waals surface area contributed by atoms with E-state index in [0.717, 1.165) is 17.0 Å². The molecule has 1 heterocycles. The summed E-state index contributed by atoms with van der Waals surface area (Å²) in [5, 5.41) is 7.10. The predicted octanol–water partition coefficient (Wildman–Crippen LogP) is 2.97. The van der Waals surface area contributed by atoms with E-state index in [2.05, 4.69) is 15.2 Å². The van der Waals surface area contributed by atoms with Crippen LogP contribution in [0.3, 0.4) is 0 Å². The smallest absolute Gasteiger partial charge is 0.387 e. The molecule has 2 rings (SSSR count). The molecule has 0 bridgehead atoms. The van der Waals surface area contributed by atoms with Crippen molar-refractivity contribution >= 4 is 5.91 Å². The van der Waals surface area contributed by atoms with Crippen LogP contribution in [0.15, 0.2) is 18.2 Å². The lowest BCUT2D eigenvalue weighted by Gasteiger charge is -2.13. The fraction of sp³-hybridized carbons (Fsp3) is 0.412. The minimum Gasteiger partial charge on any atom is -0.490 e. The number of aromatic nitrogens is 2. The number of nitrogens with zero attached hydrogens (tertiary/aromatic N) is 2. The monoisotopic (exact) mass is 353 g/mol. The minimum atomic E-state index is -2.96. The number of nitrogens with one attached hydrogen (secondary N) is 1. The van der Waals surface area contributed by atoms with Gasteiger partial charge < -0.3 is 14.8 Å². The lowest BCUT2D eigenvalue weighted by atomic mass is 10.1. The second-order valence-corrected chi connectivity index (χ2v) is 5.43. The van der Waals surface area contributed by atoms with E-state index in [-0.39, 0.29) is 24.0 Å². The van der Waals surface area contributed by atoms with Crippen LogP contribution in [0, 0.1) is 13.8 Å². The van der Waals surface area contributed by atoms with Crippen LogP contribution < -0.4 is 14.8 Å². The summed E-state index contributed by atoms with van der Waals surface area (Å²) in [6.45, 7) is 3.13. The highest BCUT2D eigenvalue weighted by Gasteiger charge is 2.16. The molecule has 0 atom stereocenters. The van der Waals surface area contributed by atoms with Gasteiger partial charge in [-0.1, -0.05) is 0 Å². The van der Waals surface area contributed by atoms with Crippen molar-refractivity contribution in [1.82, 2.24) is 15.1 Å². The first-order valence-corrected chi connectivity index (χ1v) is 7.82. The highest BCUT2D eigenvalue weighted by molar-refractivity contribution is 5.94. The number of aryl methyl sites for hydroxylation is 2. The number of carbonyl (C=O) groups is 1. The Morgan fingerprint density at radius 2 is 2.04 bits per heavy atom. The number of amides is 1. The Bertz CT molecular complexity index is 760. The van der Waals surface area contributed by atoms with E-state index in [1.54, 1.807) is 11.6 Å². The minimum absolute atomic E-state index is 0.101. The van der Waals surface area contributed by atoms with E-state index >= 15 is 0 Å². The van der Waals surface area contributed by atoms with Gasteiger partial charge in [0.25, 0.3) is 5.91 Å². The lowest BCUT2D eigenvalue weighted by Crippen LogP contribution is -2.23. The predicted molar refractivity (Wildman–Crippen MR) is 88.1 cm³/mol. The molecule has 25 heavy (non-hydrogen) atoms. The average Bonchev–Trinajstić information content (AvgIpc) is 2.79. The molecule has 1 amide bonds. The maximum atomic E-state index is 12.4. The quantitative estimate of drug-likeness (QED) is 0.831.